The fourth-order valence-corrected chi connectivity index (χ4v) is 2.25. The molecule has 8 heteroatoms. The maximum Gasteiger partial charge on any atom is 0.268 e. The minimum atomic E-state index is -0.587. The summed E-state index contributed by atoms with van der Waals surface area (Å²) in [7, 11) is 0. The monoisotopic (exact) mass is 276 g/mol. The third-order valence-electron chi connectivity index (χ3n) is 2.36. The third kappa shape index (κ3) is 3.39. The van der Waals surface area contributed by atoms with Gasteiger partial charge in [-0.15, -0.1) is 23.7 Å². The summed E-state index contributed by atoms with van der Waals surface area (Å²) in [4.78, 5) is 26.4. The molecule has 1 saturated heterocycles. The van der Waals surface area contributed by atoms with E-state index in [1.807, 2.05) is 0 Å². The summed E-state index contributed by atoms with van der Waals surface area (Å²) in [5, 5.41) is 7.67. The molecule has 1 fully saturated rings. The van der Waals surface area contributed by atoms with Gasteiger partial charge in [0.2, 0.25) is 5.91 Å². The number of nitrogens with zero attached hydrogens (tertiary/aromatic N) is 1. The Morgan fingerprint density at radius 2 is 2.35 bits per heavy atom. The predicted octanol–water partition coefficient (Wildman–Crippen LogP) is 0.354. The van der Waals surface area contributed by atoms with Gasteiger partial charge >= 0.3 is 0 Å². The molecule has 94 valence electrons. The first-order chi connectivity index (χ1) is 7.66. The van der Waals surface area contributed by atoms with Crippen LogP contribution in [-0.2, 0) is 4.79 Å². The number of amides is 2. The Kier molecular flexibility index (Phi) is 4.86. The third-order valence-corrected chi connectivity index (χ3v) is 3.12. The highest BCUT2D eigenvalue weighted by molar-refractivity contribution is 7.14. The maximum absolute atomic E-state index is 11.7. The fourth-order valence-electron chi connectivity index (χ4n) is 1.55. The van der Waals surface area contributed by atoms with E-state index in [-0.39, 0.29) is 30.0 Å². The van der Waals surface area contributed by atoms with Gasteiger partial charge in [-0.3, -0.25) is 9.59 Å². The van der Waals surface area contributed by atoms with E-state index in [4.69, 9.17) is 5.73 Å². The van der Waals surface area contributed by atoms with E-state index in [0.29, 0.717) is 5.13 Å². The first-order valence-corrected chi connectivity index (χ1v) is 5.84. The average molecular weight is 277 g/mol. The Morgan fingerprint density at radius 3 is 2.88 bits per heavy atom. The SMILES string of the molecule is Cl.NC(=O)c1csc(NC(=O)C2CCCN2)n1. The number of primary amides is 1. The lowest BCUT2D eigenvalue weighted by molar-refractivity contribution is -0.117. The van der Waals surface area contributed by atoms with Crippen LogP contribution in [0.4, 0.5) is 5.13 Å². The van der Waals surface area contributed by atoms with E-state index in [1.54, 1.807) is 0 Å². The molecular formula is C9H13ClN4O2S. The van der Waals surface area contributed by atoms with Crippen LogP contribution in [0.2, 0.25) is 0 Å². The van der Waals surface area contributed by atoms with Gasteiger partial charge in [-0.25, -0.2) is 4.98 Å². The molecule has 0 saturated carbocycles. The molecule has 2 heterocycles. The number of anilines is 1. The van der Waals surface area contributed by atoms with Crippen LogP contribution < -0.4 is 16.4 Å². The zero-order valence-corrected chi connectivity index (χ0v) is 10.6. The molecule has 0 spiro atoms. The summed E-state index contributed by atoms with van der Waals surface area (Å²) in [6.07, 6.45) is 1.84. The van der Waals surface area contributed by atoms with Crippen LogP contribution in [0.5, 0.6) is 0 Å². The van der Waals surface area contributed by atoms with Crippen LogP contribution in [0.25, 0.3) is 0 Å². The molecule has 1 aromatic rings. The van der Waals surface area contributed by atoms with Crippen LogP contribution in [0.15, 0.2) is 5.38 Å². The topological polar surface area (TPSA) is 97.1 Å². The highest BCUT2D eigenvalue weighted by atomic mass is 35.5. The second-order valence-corrected chi connectivity index (χ2v) is 4.40. The summed E-state index contributed by atoms with van der Waals surface area (Å²) in [5.41, 5.74) is 5.24. The lowest BCUT2D eigenvalue weighted by Crippen LogP contribution is -2.35. The van der Waals surface area contributed by atoms with Gasteiger partial charge in [0.05, 0.1) is 6.04 Å². The van der Waals surface area contributed by atoms with E-state index < -0.39 is 5.91 Å². The van der Waals surface area contributed by atoms with Crippen molar-refractivity contribution in [3.8, 4) is 0 Å². The number of carbonyl (C=O) groups is 2. The minimum absolute atomic E-state index is 0. The number of halogens is 1. The molecule has 0 bridgehead atoms. The molecule has 1 unspecified atom stereocenters. The summed E-state index contributed by atoms with van der Waals surface area (Å²) >= 11 is 1.19. The van der Waals surface area contributed by atoms with Crippen molar-refractivity contribution in [3.63, 3.8) is 0 Å². The molecule has 0 aromatic carbocycles. The lowest BCUT2D eigenvalue weighted by Gasteiger charge is -2.08. The van der Waals surface area contributed by atoms with Gasteiger partial charge in [-0.1, -0.05) is 0 Å². The Bertz CT molecular complexity index is 417. The van der Waals surface area contributed by atoms with Crippen molar-refractivity contribution in [2.45, 2.75) is 18.9 Å². The maximum atomic E-state index is 11.7. The zero-order valence-electron chi connectivity index (χ0n) is 8.93. The standard InChI is InChI=1S/C9H12N4O2S.ClH/c10-7(14)6-4-16-9(12-6)13-8(15)5-2-1-3-11-5;/h4-5,11H,1-3H2,(H2,10,14)(H,12,13,15);1H. The van der Waals surface area contributed by atoms with Crippen molar-refractivity contribution < 1.29 is 9.59 Å². The molecule has 2 rings (SSSR count). The van der Waals surface area contributed by atoms with E-state index in [9.17, 15) is 9.59 Å². The summed E-state index contributed by atoms with van der Waals surface area (Å²) in [6.45, 7) is 0.864. The van der Waals surface area contributed by atoms with Crippen molar-refractivity contribution in [3.05, 3.63) is 11.1 Å². The zero-order chi connectivity index (χ0) is 11.5. The molecule has 1 aromatic heterocycles. The second kappa shape index (κ2) is 5.95. The summed E-state index contributed by atoms with van der Waals surface area (Å²) < 4.78 is 0. The fraction of sp³-hybridized carbons (Fsp3) is 0.444. The van der Waals surface area contributed by atoms with Crippen LogP contribution in [-0.4, -0.2) is 29.4 Å². The molecule has 1 atom stereocenters. The Labute approximate surface area is 108 Å². The van der Waals surface area contributed by atoms with Gasteiger partial charge in [0, 0.05) is 5.38 Å². The molecule has 1 aliphatic heterocycles. The molecule has 17 heavy (non-hydrogen) atoms. The lowest BCUT2D eigenvalue weighted by atomic mass is 10.2. The number of hydrogen-bond donors (Lipinski definition) is 3. The Morgan fingerprint density at radius 1 is 1.59 bits per heavy atom. The van der Waals surface area contributed by atoms with Gasteiger partial charge in [0.15, 0.2) is 5.13 Å². The number of nitrogens with one attached hydrogen (secondary N) is 2. The highest BCUT2D eigenvalue weighted by Crippen LogP contribution is 2.16. The van der Waals surface area contributed by atoms with Crippen molar-refractivity contribution >= 4 is 40.7 Å². The number of nitrogens with two attached hydrogens (primary N) is 1. The smallest absolute Gasteiger partial charge is 0.268 e. The molecule has 2 amide bonds. The van der Waals surface area contributed by atoms with Crippen LogP contribution in [0.3, 0.4) is 0 Å². The molecular weight excluding hydrogens is 264 g/mol. The van der Waals surface area contributed by atoms with E-state index in [1.165, 1.54) is 16.7 Å². The molecule has 0 radical (unpaired) electrons. The summed E-state index contributed by atoms with van der Waals surface area (Å²) in [6, 6.07) is -0.152. The summed E-state index contributed by atoms with van der Waals surface area (Å²) in [5.74, 6) is -0.696. The van der Waals surface area contributed by atoms with Gasteiger partial charge in [-0.05, 0) is 19.4 Å². The van der Waals surface area contributed by atoms with Crippen LogP contribution >= 0.6 is 23.7 Å². The van der Waals surface area contributed by atoms with E-state index >= 15 is 0 Å². The quantitative estimate of drug-likeness (QED) is 0.742. The van der Waals surface area contributed by atoms with Crippen LogP contribution in [0, 0.1) is 0 Å². The average Bonchev–Trinajstić information content (AvgIpc) is 2.87. The first-order valence-electron chi connectivity index (χ1n) is 4.96. The molecule has 1 aliphatic rings. The highest BCUT2D eigenvalue weighted by Gasteiger charge is 2.22. The number of rotatable bonds is 3. The molecule has 0 aliphatic carbocycles. The van der Waals surface area contributed by atoms with Gasteiger partial charge in [-0.2, -0.15) is 0 Å². The van der Waals surface area contributed by atoms with E-state index in [2.05, 4.69) is 15.6 Å². The number of aromatic nitrogens is 1. The minimum Gasteiger partial charge on any atom is -0.364 e. The van der Waals surface area contributed by atoms with Crippen LogP contribution in [0.1, 0.15) is 23.3 Å². The van der Waals surface area contributed by atoms with Crippen molar-refractivity contribution in [2.24, 2.45) is 5.73 Å². The van der Waals surface area contributed by atoms with Crippen molar-refractivity contribution in [1.82, 2.24) is 10.3 Å². The number of thiazole rings is 1. The second-order valence-electron chi connectivity index (χ2n) is 3.54. The van der Waals surface area contributed by atoms with Gasteiger partial charge in [0.25, 0.3) is 5.91 Å². The number of hydrogen-bond acceptors (Lipinski definition) is 5. The predicted molar refractivity (Wildman–Crippen MR) is 67.5 cm³/mol. The molecule has 4 N–H and O–H groups in total. The number of carbonyl (C=O) groups excluding carboxylic acids is 2. The Hall–Kier alpha value is -1.18. The first kappa shape index (κ1) is 13.9. The Balaban J connectivity index is 0.00000144. The normalized spacial score (nSPS) is 18.5. The van der Waals surface area contributed by atoms with Crippen molar-refractivity contribution in [1.29, 1.82) is 0 Å². The van der Waals surface area contributed by atoms with Crippen molar-refractivity contribution in [2.75, 3.05) is 11.9 Å². The van der Waals surface area contributed by atoms with Gasteiger partial charge in [0.1, 0.15) is 5.69 Å². The van der Waals surface area contributed by atoms with Gasteiger partial charge < -0.3 is 16.4 Å². The molecule has 6 nitrogen and oxygen atoms in total. The largest absolute Gasteiger partial charge is 0.364 e. The van der Waals surface area contributed by atoms with E-state index in [0.717, 1.165) is 19.4 Å².